The fraction of sp³-hybridized carbons (Fsp3) is 0.455. The van der Waals surface area contributed by atoms with Gasteiger partial charge in [-0.05, 0) is 25.1 Å². The zero-order valence-electron chi connectivity index (χ0n) is 20.8. The first-order chi connectivity index (χ1) is 17.1. The number of nitrogens with zero attached hydrogens (tertiary/aromatic N) is 6. The molecule has 0 bridgehead atoms. The number of benzene rings is 1. The zero-order chi connectivity index (χ0) is 25.9. The van der Waals surface area contributed by atoms with Gasteiger partial charge in [0.2, 0.25) is 12.5 Å². The molecule has 0 spiro atoms. The first kappa shape index (κ1) is 26.4. The van der Waals surface area contributed by atoms with E-state index in [0.29, 0.717) is 28.6 Å². The van der Waals surface area contributed by atoms with Gasteiger partial charge in [-0.1, -0.05) is 48.5 Å². The minimum Gasteiger partial charge on any atom is -0.440 e. The molecular weight excluding hydrogens is 508 g/mol. The second-order valence-electron chi connectivity index (χ2n) is 9.46. The van der Waals surface area contributed by atoms with Crippen molar-refractivity contribution >= 4 is 19.7 Å². The molecular formula is C22H29ClN6O6Si. The minimum absolute atomic E-state index is 0.0996. The van der Waals surface area contributed by atoms with Crippen molar-refractivity contribution in [1.82, 2.24) is 29.8 Å². The van der Waals surface area contributed by atoms with Crippen molar-refractivity contribution in [2.45, 2.75) is 51.9 Å². The highest BCUT2D eigenvalue weighted by atomic mass is 35.5. The molecule has 0 saturated carbocycles. The van der Waals surface area contributed by atoms with E-state index in [-0.39, 0.29) is 18.3 Å². The Morgan fingerprint density at radius 2 is 2.03 bits per heavy atom. The van der Waals surface area contributed by atoms with E-state index in [0.717, 1.165) is 11.3 Å². The van der Waals surface area contributed by atoms with Gasteiger partial charge in [0.05, 0.1) is 6.20 Å². The highest BCUT2D eigenvalue weighted by molar-refractivity contribution is 6.76. The van der Waals surface area contributed by atoms with E-state index < -0.39 is 20.6 Å². The summed E-state index contributed by atoms with van der Waals surface area (Å²) in [7, 11) is 0.507. The Morgan fingerprint density at radius 1 is 1.22 bits per heavy atom. The van der Waals surface area contributed by atoms with Crippen molar-refractivity contribution in [3.05, 3.63) is 57.5 Å². The second-order valence-corrected chi connectivity index (χ2v) is 15.5. The standard InChI is InChI=1S/C22H29ClN6O6Si/c1-15(29-33-21(34-35-29)16-7-6-8-18(23)11-16)32-22-26-25-20(27(22)2)17-12-19(30)28(24-13-17)14-31-9-10-36(3,4)5/h6-8,11-13,15,21H,9-10,14H2,1-5H3. The van der Waals surface area contributed by atoms with Gasteiger partial charge in [0.25, 0.3) is 5.56 Å². The van der Waals surface area contributed by atoms with Crippen molar-refractivity contribution in [2.24, 2.45) is 7.05 Å². The third-order valence-corrected chi connectivity index (χ3v) is 7.21. The number of hydroxylamine groups is 2. The largest absolute Gasteiger partial charge is 0.440 e. The number of hydrogen-bond donors (Lipinski definition) is 0. The predicted molar refractivity (Wildman–Crippen MR) is 132 cm³/mol. The Kier molecular flexibility index (Phi) is 8.19. The van der Waals surface area contributed by atoms with Crippen molar-refractivity contribution in [3.63, 3.8) is 0 Å². The topological polar surface area (TPSA) is 115 Å². The molecule has 1 saturated heterocycles. The Bertz CT molecular complexity index is 1250. The van der Waals surface area contributed by atoms with E-state index in [1.165, 1.54) is 16.9 Å². The summed E-state index contributed by atoms with van der Waals surface area (Å²) in [6.45, 7) is 9.19. The van der Waals surface area contributed by atoms with E-state index in [2.05, 4.69) is 34.9 Å². The van der Waals surface area contributed by atoms with Crippen LogP contribution in [0.2, 0.25) is 30.7 Å². The van der Waals surface area contributed by atoms with Crippen LogP contribution < -0.4 is 10.3 Å². The molecule has 2 aromatic heterocycles. The monoisotopic (exact) mass is 536 g/mol. The fourth-order valence-electron chi connectivity index (χ4n) is 3.17. The maximum atomic E-state index is 12.5. The summed E-state index contributed by atoms with van der Waals surface area (Å²) in [5, 5.41) is 14.0. The minimum atomic E-state index is -1.20. The van der Waals surface area contributed by atoms with E-state index in [1.807, 2.05) is 0 Å². The molecule has 1 aliphatic rings. The lowest BCUT2D eigenvalue weighted by Gasteiger charge is -2.18. The van der Waals surface area contributed by atoms with Gasteiger partial charge in [-0.2, -0.15) is 9.99 Å². The summed E-state index contributed by atoms with van der Waals surface area (Å²) >= 11 is 6.02. The van der Waals surface area contributed by atoms with Crippen molar-refractivity contribution in [3.8, 4) is 17.4 Å². The van der Waals surface area contributed by atoms with Crippen LogP contribution in [0.25, 0.3) is 11.4 Å². The van der Waals surface area contributed by atoms with Crippen molar-refractivity contribution in [1.29, 1.82) is 0 Å². The number of rotatable bonds is 10. The summed E-state index contributed by atoms with van der Waals surface area (Å²) in [6, 6.07) is 9.66. The Hall–Kier alpha value is -2.65. The SMILES string of the molecule is CC(Oc1nnc(-c2cnn(COCC[Si](C)(C)C)c(=O)c2)n1C)N1OOC(c2cccc(Cl)c2)O1. The van der Waals surface area contributed by atoms with Gasteiger partial charge in [0.15, 0.2) is 5.82 Å². The lowest BCUT2D eigenvalue weighted by molar-refractivity contribution is -0.443. The highest BCUT2D eigenvalue weighted by Gasteiger charge is 2.34. The van der Waals surface area contributed by atoms with E-state index in [9.17, 15) is 4.79 Å². The number of ether oxygens (including phenoxy) is 2. The Morgan fingerprint density at radius 3 is 2.75 bits per heavy atom. The number of halogens is 1. The second kappa shape index (κ2) is 11.2. The summed E-state index contributed by atoms with van der Waals surface area (Å²) < 4.78 is 14.3. The lowest BCUT2D eigenvalue weighted by atomic mass is 10.2. The molecule has 3 heterocycles. The summed E-state index contributed by atoms with van der Waals surface area (Å²) in [4.78, 5) is 28.5. The van der Waals surface area contributed by atoms with E-state index in [4.69, 9.17) is 35.8 Å². The van der Waals surface area contributed by atoms with Crippen LogP contribution in [-0.2, 0) is 33.2 Å². The third kappa shape index (κ3) is 6.56. The number of hydrogen-bond acceptors (Lipinski definition) is 10. The maximum Gasteiger partial charge on any atom is 0.318 e. The van der Waals surface area contributed by atoms with Crippen molar-refractivity contribution < 1.29 is 24.2 Å². The predicted octanol–water partition coefficient (Wildman–Crippen LogP) is 3.54. The van der Waals surface area contributed by atoms with Crippen LogP contribution in [0, 0.1) is 0 Å². The smallest absolute Gasteiger partial charge is 0.318 e. The van der Waals surface area contributed by atoms with Crippen LogP contribution in [0.3, 0.4) is 0 Å². The summed E-state index contributed by atoms with van der Waals surface area (Å²) in [5.74, 6) is 0.407. The van der Waals surface area contributed by atoms with E-state index in [1.54, 1.807) is 42.8 Å². The fourth-order valence-corrected chi connectivity index (χ4v) is 4.13. The molecule has 1 fully saturated rings. The van der Waals surface area contributed by atoms with Gasteiger partial charge in [0.1, 0.15) is 6.73 Å². The van der Waals surface area contributed by atoms with Crippen molar-refractivity contribution in [2.75, 3.05) is 6.61 Å². The lowest BCUT2D eigenvalue weighted by Crippen LogP contribution is -2.33. The third-order valence-electron chi connectivity index (χ3n) is 5.27. The molecule has 0 radical (unpaired) electrons. The molecule has 194 valence electrons. The molecule has 14 heteroatoms. The molecule has 0 amide bonds. The molecule has 2 atom stereocenters. The van der Waals surface area contributed by atoms with Crippen LogP contribution in [0.1, 0.15) is 18.8 Å². The molecule has 2 unspecified atom stereocenters. The first-order valence-electron chi connectivity index (χ1n) is 11.4. The first-order valence-corrected chi connectivity index (χ1v) is 15.5. The molecule has 0 aliphatic carbocycles. The molecule has 1 aliphatic heterocycles. The quantitative estimate of drug-likeness (QED) is 0.216. The average molecular weight is 537 g/mol. The maximum absolute atomic E-state index is 12.5. The van der Waals surface area contributed by atoms with Gasteiger partial charge < -0.3 is 9.47 Å². The molecule has 0 N–H and O–H groups in total. The van der Waals surface area contributed by atoms with Gasteiger partial charge >= 0.3 is 6.01 Å². The van der Waals surface area contributed by atoms with Crippen LogP contribution in [0.5, 0.6) is 6.01 Å². The van der Waals surface area contributed by atoms with E-state index >= 15 is 0 Å². The van der Waals surface area contributed by atoms with Gasteiger partial charge in [-0.15, -0.1) is 10.1 Å². The van der Waals surface area contributed by atoms with Crippen LogP contribution >= 0.6 is 11.6 Å². The van der Waals surface area contributed by atoms with Gasteiger partial charge in [-0.25, -0.2) is 9.52 Å². The number of aromatic nitrogens is 5. The zero-order valence-corrected chi connectivity index (χ0v) is 22.5. The molecule has 36 heavy (non-hydrogen) atoms. The van der Waals surface area contributed by atoms with Crippen LogP contribution in [0.15, 0.2) is 41.3 Å². The molecule has 3 aromatic rings. The van der Waals surface area contributed by atoms with Gasteiger partial charge in [-0.3, -0.25) is 9.36 Å². The Labute approximate surface area is 214 Å². The Balaban J connectivity index is 1.36. The normalized spacial score (nSPS) is 17.4. The molecule has 4 rings (SSSR count). The van der Waals surface area contributed by atoms with Gasteiger partial charge in [0, 0.05) is 49.2 Å². The molecule has 12 nitrogen and oxygen atoms in total. The average Bonchev–Trinajstić information content (AvgIpc) is 3.45. The highest BCUT2D eigenvalue weighted by Crippen LogP contribution is 2.30. The summed E-state index contributed by atoms with van der Waals surface area (Å²) in [6.07, 6.45) is -0.0115. The van der Waals surface area contributed by atoms with Crippen LogP contribution in [-0.4, -0.2) is 50.7 Å². The summed E-state index contributed by atoms with van der Waals surface area (Å²) in [5.41, 5.74) is 0.873. The molecule has 1 aromatic carbocycles. The van der Waals surface area contributed by atoms with Crippen LogP contribution in [0.4, 0.5) is 0 Å².